The molecule has 0 saturated heterocycles. The van der Waals surface area contributed by atoms with E-state index in [0.717, 1.165) is 0 Å². The quantitative estimate of drug-likeness (QED) is 0.425. The van der Waals surface area contributed by atoms with E-state index in [4.69, 9.17) is 0 Å². The summed E-state index contributed by atoms with van der Waals surface area (Å²) in [5.74, 6) is 0. The summed E-state index contributed by atoms with van der Waals surface area (Å²) >= 11 is 0. The first-order chi connectivity index (χ1) is 12.5. The van der Waals surface area contributed by atoms with Crippen LogP contribution in [0.3, 0.4) is 0 Å². The predicted molar refractivity (Wildman–Crippen MR) is 115 cm³/mol. The Kier molecular flexibility index (Phi) is 14.9. The molecule has 0 heteroatoms. The van der Waals surface area contributed by atoms with Gasteiger partial charge in [-0.05, 0) is 25.7 Å². The molecule has 0 heterocycles. The van der Waals surface area contributed by atoms with Gasteiger partial charge in [0.15, 0.2) is 0 Å². The molecule has 132 valence electrons. The summed E-state index contributed by atoms with van der Waals surface area (Å²) in [6, 6.07) is 0. The van der Waals surface area contributed by atoms with E-state index in [0.29, 0.717) is 0 Å². The normalized spacial score (nSPS) is 18.2. The fraction of sp³-hybridized carbons (Fsp3) is 0.280. The first-order valence-electron chi connectivity index (χ1n) is 9.48. The minimum atomic E-state index is 1.19. The largest absolute Gasteiger partial charge is 0.0845 e. The molecule has 0 unspecified atom stereocenters. The van der Waals surface area contributed by atoms with Crippen molar-refractivity contribution in [2.24, 2.45) is 0 Å². The van der Waals surface area contributed by atoms with Crippen molar-refractivity contribution in [3.63, 3.8) is 0 Å². The van der Waals surface area contributed by atoms with E-state index in [9.17, 15) is 0 Å². The second kappa shape index (κ2) is 18.0. The highest BCUT2D eigenvalue weighted by Crippen LogP contribution is 2.08. The molecule has 0 N–H and O–H groups in total. The van der Waals surface area contributed by atoms with Crippen LogP contribution in [0, 0.1) is 0 Å². The molecule has 0 fully saturated rings. The first-order valence-corrected chi connectivity index (χ1v) is 9.48. The summed E-state index contributed by atoms with van der Waals surface area (Å²) in [4.78, 5) is 0. The Morgan fingerprint density at radius 1 is 0.240 bits per heavy atom. The molecule has 0 aliphatic heterocycles. The Morgan fingerprint density at radius 2 is 0.480 bits per heavy atom. The van der Waals surface area contributed by atoms with Gasteiger partial charge in [0.05, 0.1) is 0 Å². The summed E-state index contributed by atoms with van der Waals surface area (Å²) in [5.41, 5.74) is 0. The molecule has 1 aliphatic carbocycles. The number of allylic oxidation sites excluding steroid dienone is 18. The van der Waals surface area contributed by atoms with Crippen LogP contribution in [-0.2, 0) is 0 Å². The zero-order chi connectivity index (χ0) is 17.7. The zero-order valence-electron chi connectivity index (χ0n) is 15.3. The zero-order valence-corrected chi connectivity index (χ0v) is 15.3. The van der Waals surface area contributed by atoms with Crippen LogP contribution in [0.15, 0.2) is 109 Å². The average Bonchev–Trinajstić information content (AvgIpc) is 2.62. The molecule has 0 saturated carbocycles. The lowest BCUT2D eigenvalue weighted by molar-refractivity contribution is 0.622. The van der Waals surface area contributed by atoms with Gasteiger partial charge in [-0.25, -0.2) is 0 Å². The first kappa shape index (κ1) is 20.7. The van der Waals surface area contributed by atoms with Crippen molar-refractivity contribution in [2.75, 3.05) is 0 Å². The Bertz CT molecular complexity index is 507. The maximum Gasteiger partial charge on any atom is -0.0348 e. The lowest BCUT2D eigenvalue weighted by Crippen LogP contribution is -1.78. The molecular weight excluding hydrogens is 300 g/mol. The molecular formula is C25H32. The summed E-state index contributed by atoms with van der Waals surface area (Å²) in [6.07, 6.45) is 46.5. The van der Waals surface area contributed by atoms with Crippen LogP contribution in [0.1, 0.15) is 44.9 Å². The standard InChI is InChI=1S/C25H32/c1-2-4-6-8-10-12-14-16-18-20-22-24-25-23-21-19-17-15-13-11-9-7-5-3-1/h1-18H,19-25H2. The van der Waals surface area contributed by atoms with Crippen LogP contribution in [0.2, 0.25) is 0 Å². The smallest absolute Gasteiger partial charge is 0.0348 e. The van der Waals surface area contributed by atoms with Crippen LogP contribution in [0.5, 0.6) is 0 Å². The predicted octanol–water partition coefficient (Wildman–Crippen LogP) is 7.74. The molecule has 0 aromatic rings. The minimum absolute atomic E-state index is 1.19. The van der Waals surface area contributed by atoms with Gasteiger partial charge in [-0.15, -0.1) is 0 Å². The van der Waals surface area contributed by atoms with Crippen molar-refractivity contribution in [3.8, 4) is 0 Å². The fourth-order valence-electron chi connectivity index (χ4n) is 2.30. The monoisotopic (exact) mass is 332 g/mol. The van der Waals surface area contributed by atoms with Gasteiger partial charge in [0, 0.05) is 0 Å². The van der Waals surface area contributed by atoms with E-state index in [1.54, 1.807) is 0 Å². The highest BCUT2D eigenvalue weighted by Gasteiger charge is 1.88. The van der Waals surface area contributed by atoms with E-state index < -0.39 is 0 Å². The van der Waals surface area contributed by atoms with Crippen molar-refractivity contribution < 1.29 is 0 Å². The Balaban J connectivity index is 2.46. The summed E-state index contributed by atoms with van der Waals surface area (Å²) in [6.45, 7) is 0. The molecule has 0 atom stereocenters. The van der Waals surface area contributed by atoms with Gasteiger partial charge in [0.25, 0.3) is 0 Å². The summed E-state index contributed by atoms with van der Waals surface area (Å²) in [5, 5.41) is 0. The van der Waals surface area contributed by atoms with Crippen molar-refractivity contribution in [3.05, 3.63) is 109 Å². The topological polar surface area (TPSA) is 0 Å². The van der Waals surface area contributed by atoms with Gasteiger partial charge >= 0.3 is 0 Å². The van der Waals surface area contributed by atoms with Gasteiger partial charge in [-0.2, -0.15) is 0 Å². The molecule has 0 radical (unpaired) electrons. The highest BCUT2D eigenvalue weighted by atomic mass is 13.9. The lowest BCUT2D eigenvalue weighted by Gasteiger charge is -1.97. The lowest BCUT2D eigenvalue weighted by atomic mass is 10.1. The van der Waals surface area contributed by atoms with Crippen molar-refractivity contribution in [1.29, 1.82) is 0 Å². The van der Waals surface area contributed by atoms with E-state index in [1.165, 1.54) is 44.9 Å². The number of hydrogen-bond acceptors (Lipinski definition) is 0. The molecule has 25 heavy (non-hydrogen) atoms. The Morgan fingerprint density at radius 3 is 0.800 bits per heavy atom. The molecule has 0 amide bonds. The molecule has 0 nitrogen and oxygen atoms in total. The second-order valence-corrected chi connectivity index (χ2v) is 5.90. The molecule has 0 spiro atoms. The van der Waals surface area contributed by atoms with Gasteiger partial charge in [-0.3, -0.25) is 0 Å². The van der Waals surface area contributed by atoms with Gasteiger partial charge in [0.2, 0.25) is 0 Å². The molecule has 1 aliphatic rings. The Hall–Kier alpha value is -2.34. The number of hydrogen-bond donors (Lipinski definition) is 0. The third kappa shape index (κ3) is 16.3. The molecule has 1 rings (SSSR count). The van der Waals surface area contributed by atoms with Crippen LogP contribution < -0.4 is 0 Å². The second-order valence-electron chi connectivity index (χ2n) is 5.90. The maximum absolute atomic E-state index is 2.26. The van der Waals surface area contributed by atoms with E-state index >= 15 is 0 Å². The average molecular weight is 333 g/mol. The van der Waals surface area contributed by atoms with E-state index in [1.807, 2.05) is 48.6 Å². The van der Waals surface area contributed by atoms with Gasteiger partial charge < -0.3 is 0 Å². The van der Waals surface area contributed by atoms with Crippen molar-refractivity contribution >= 4 is 0 Å². The highest BCUT2D eigenvalue weighted by molar-refractivity contribution is 5.21. The van der Waals surface area contributed by atoms with Crippen LogP contribution >= 0.6 is 0 Å². The molecule has 0 aromatic heterocycles. The van der Waals surface area contributed by atoms with Crippen LogP contribution in [0.4, 0.5) is 0 Å². The van der Waals surface area contributed by atoms with Crippen LogP contribution in [-0.4, -0.2) is 0 Å². The van der Waals surface area contributed by atoms with Crippen molar-refractivity contribution in [2.45, 2.75) is 44.9 Å². The fourth-order valence-corrected chi connectivity index (χ4v) is 2.30. The third-order valence-corrected chi connectivity index (χ3v) is 3.68. The SMILES string of the molecule is C1=CC=CC=CC=CC=CCCCCCCCC=CC=CC=CC=C1. The maximum atomic E-state index is 2.26. The molecule has 0 bridgehead atoms. The molecule has 0 aromatic carbocycles. The van der Waals surface area contributed by atoms with Crippen molar-refractivity contribution in [1.82, 2.24) is 0 Å². The van der Waals surface area contributed by atoms with Gasteiger partial charge in [-0.1, -0.05) is 129 Å². The Labute approximate surface area is 154 Å². The number of rotatable bonds is 0. The van der Waals surface area contributed by atoms with Crippen LogP contribution in [0.25, 0.3) is 0 Å². The minimum Gasteiger partial charge on any atom is -0.0845 e. The van der Waals surface area contributed by atoms with Gasteiger partial charge in [0.1, 0.15) is 0 Å². The summed E-state index contributed by atoms with van der Waals surface area (Å²) in [7, 11) is 0. The van der Waals surface area contributed by atoms with E-state index in [2.05, 4.69) is 60.8 Å². The summed E-state index contributed by atoms with van der Waals surface area (Å²) < 4.78 is 0. The third-order valence-electron chi connectivity index (χ3n) is 3.68. The van der Waals surface area contributed by atoms with E-state index in [-0.39, 0.29) is 0 Å².